The third-order valence-corrected chi connectivity index (χ3v) is 6.42. The second-order valence-electron chi connectivity index (χ2n) is 8.94. The Morgan fingerprint density at radius 3 is 2.76 bits per heavy atom. The number of hydrogen-bond donors (Lipinski definition) is 2. The topological polar surface area (TPSA) is 75.7 Å². The van der Waals surface area contributed by atoms with E-state index in [4.69, 9.17) is 14.5 Å². The van der Waals surface area contributed by atoms with Crippen LogP contribution in [0.25, 0.3) is 23.1 Å². The van der Waals surface area contributed by atoms with Gasteiger partial charge in [-0.05, 0) is 62.4 Å². The molecule has 0 unspecified atom stereocenters. The first-order valence-electron chi connectivity index (χ1n) is 11.9. The average Bonchev–Trinajstić information content (AvgIpc) is 3.54. The van der Waals surface area contributed by atoms with Crippen LogP contribution in [-0.4, -0.2) is 57.3 Å². The number of carbonyl (C=O) groups excluding carboxylic acids is 1. The van der Waals surface area contributed by atoms with Crippen LogP contribution in [0.3, 0.4) is 0 Å². The van der Waals surface area contributed by atoms with Crippen molar-refractivity contribution in [2.24, 2.45) is 5.92 Å². The van der Waals surface area contributed by atoms with Gasteiger partial charge in [-0.25, -0.2) is 4.98 Å². The summed E-state index contributed by atoms with van der Waals surface area (Å²) in [7, 11) is 3.52. The highest BCUT2D eigenvalue weighted by Crippen LogP contribution is 2.27. The number of methoxy groups -OCH3 is 1. The van der Waals surface area contributed by atoms with E-state index in [1.165, 1.54) is 0 Å². The van der Waals surface area contributed by atoms with E-state index in [1.54, 1.807) is 7.11 Å². The van der Waals surface area contributed by atoms with Crippen molar-refractivity contribution in [3.05, 3.63) is 52.4 Å². The van der Waals surface area contributed by atoms with Crippen molar-refractivity contribution in [2.45, 2.75) is 25.3 Å². The molecule has 2 heterocycles. The summed E-state index contributed by atoms with van der Waals surface area (Å²) in [5.41, 5.74) is 9.19. The molecule has 176 valence electrons. The van der Waals surface area contributed by atoms with E-state index in [9.17, 15) is 4.79 Å². The molecule has 1 amide bonds. The SMILES string of the molecule is CNCCOc1ccc(-c2cc(N3CC[C@H](C(=O)NC4CC4)C3)c3c(n2)=CC(OC)=C=C=3)cc1. The summed E-state index contributed by atoms with van der Waals surface area (Å²) < 4.78 is 11.1. The maximum Gasteiger partial charge on any atom is 0.225 e. The second-order valence-corrected chi connectivity index (χ2v) is 8.94. The molecule has 0 spiro atoms. The molecule has 2 aromatic rings. The van der Waals surface area contributed by atoms with E-state index in [0.717, 1.165) is 65.6 Å². The van der Waals surface area contributed by atoms with Gasteiger partial charge in [-0.2, -0.15) is 0 Å². The number of anilines is 1. The Kier molecular flexibility index (Phi) is 6.41. The van der Waals surface area contributed by atoms with Crippen LogP contribution in [0.15, 0.2) is 41.8 Å². The van der Waals surface area contributed by atoms with Crippen molar-refractivity contribution < 1.29 is 14.3 Å². The minimum atomic E-state index is 0.00327. The minimum Gasteiger partial charge on any atom is -0.492 e. The van der Waals surface area contributed by atoms with E-state index >= 15 is 0 Å². The molecule has 1 aliphatic heterocycles. The fourth-order valence-corrected chi connectivity index (χ4v) is 4.31. The van der Waals surface area contributed by atoms with Crippen LogP contribution >= 0.6 is 0 Å². The monoisotopic (exact) mass is 458 g/mol. The number of ether oxygens (including phenoxy) is 2. The van der Waals surface area contributed by atoms with Crippen LogP contribution in [0.1, 0.15) is 19.3 Å². The average molecular weight is 459 g/mol. The van der Waals surface area contributed by atoms with E-state index in [1.807, 2.05) is 37.4 Å². The number of fused-ring (bicyclic) bond motifs is 1. The molecule has 2 N–H and O–H groups in total. The predicted molar refractivity (Wildman–Crippen MR) is 132 cm³/mol. The Balaban J connectivity index is 1.46. The molecule has 1 atom stereocenters. The smallest absolute Gasteiger partial charge is 0.225 e. The summed E-state index contributed by atoms with van der Waals surface area (Å²) >= 11 is 0. The van der Waals surface area contributed by atoms with Crippen molar-refractivity contribution in [3.8, 4) is 17.0 Å². The summed E-state index contributed by atoms with van der Waals surface area (Å²) in [6.07, 6.45) is 4.94. The lowest BCUT2D eigenvalue weighted by Gasteiger charge is -2.20. The van der Waals surface area contributed by atoms with Gasteiger partial charge in [-0.3, -0.25) is 4.79 Å². The Bertz CT molecular complexity index is 1270. The zero-order valence-corrected chi connectivity index (χ0v) is 19.7. The van der Waals surface area contributed by atoms with Gasteiger partial charge in [0.25, 0.3) is 0 Å². The molecule has 1 aromatic carbocycles. The quantitative estimate of drug-likeness (QED) is 0.436. The first-order chi connectivity index (χ1) is 16.6. The van der Waals surface area contributed by atoms with E-state index < -0.39 is 0 Å². The third kappa shape index (κ3) is 4.87. The number of pyridine rings is 1. The minimum absolute atomic E-state index is 0.00327. The molecule has 7 nitrogen and oxygen atoms in total. The number of allylic oxidation sites excluding steroid dienone is 1. The molecule has 2 aliphatic carbocycles. The zero-order chi connectivity index (χ0) is 23.5. The largest absolute Gasteiger partial charge is 0.492 e. The highest BCUT2D eigenvalue weighted by Gasteiger charge is 2.32. The molecule has 34 heavy (non-hydrogen) atoms. The summed E-state index contributed by atoms with van der Waals surface area (Å²) in [5, 5.41) is 7.92. The second kappa shape index (κ2) is 9.78. The third-order valence-electron chi connectivity index (χ3n) is 6.42. The lowest BCUT2D eigenvalue weighted by atomic mass is 10.1. The molecule has 3 aliphatic rings. The number of nitrogens with zero attached hydrogens (tertiary/aromatic N) is 2. The van der Waals surface area contributed by atoms with Crippen LogP contribution < -0.4 is 30.8 Å². The molecule has 1 aromatic heterocycles. The molecule has 1 saturated carbocycles. The van der Waals surface area contributed by atoms with Crippen LogP contribution in [0, 0.1) is 5.92 Å². The van der Waals surface area contributed by atoms with Gasteiger partial charge < -0.3 is 25.0 Å². The number of amides is 1. The number of likely N-dealkylation sites (N-methyl/N-ethyl adjacent to an activating group) is 1. The van der Waals surface area contributed by atoms with E-state index in [0.29, 0.717) is 25.0 Å². The van der Waals surface area contributed by atoms with Gasteiger partial charge in [-0.1, -0.05) is 5.73 Å². The van der Waals surface area contributed by atoms with Crippen molar-refractivity contribution in [3.63, 3.8) is 0 Å². The highest BCUT2D eigenvalue weighted by molar-refractivity contribution is 5.81. The number of aromatic nitrogens is 1. The molecule has 0 radical (unpaired) electrons. The van der Waals surface area contributed by atoms with Crippen LogP contribution in [0.4, 0.5) is 5.69 Å². The van der Waals surface area contributed by atoms with Gasteiger partial charge in [-0.15, -0.1) is 0 Å². The van der Waals surface area contributed by atoms with Crippen molar-refractivity contribution in [1.82, 2.24) is 15.6 Å². The number of nitrogens with one attached hydrogen (secondary N) is 2. The Morgan fingerprint density at radius 1 is 1.21 bits per heavy atom. The molecular weight excluding hydrogens is 428 g/mol. The maximum atomic E-state index is 12.6. The summed E-state index contributed by atoms with van der Waals surface area (Å²) in [6, 6.07) is 10.5. The Hall–Kier alpha value is -3.50. The number of benzene rings is 1. The van der Waals surface area contributed by atoms with Gasteiger partial charge in [0.2, 0.25) is 5.91 Å². The zero-order valence-electron chi connectivity index (χ0n) is 19.7. The molecular formula is C27H30N4O3. The lowest BCUT2D eigenvalue weighted by molar-refractivity contribution is -0.124. The Morgan fingerprint density at radius 2 is 2.03 bits per heavy atom. The fraction of sp³-hybridized carbons (Fsp3) is 0.407. The normalized spacial score (nSPS) is 18.5. The van der Waals surface area contributed by atoms with Crippen molar-refractivity contribution >= 4 is 23.4 Å². The van der Waals surface area contributed by atoms with Crippen LogP contribution in [-0.2, 0) is 9.53 Å². The molecule has 5 rings (SSSR count). The standard InChI is InChI=1S/C27H30N4O3/c1-28-12-14-34-21-7-3-18(4-8-21)24-16-26(23-10-9-22(33-2)15-25(23)30-24)31-13-11-19(17-31)27(32)29-20-5-6-20/h3-4,7-8,15-16,19-20,28H,5-6,11-14,17H2,1-2H3,(H,29,32)/t19-/m0/s1. The van der Waals surface area contributed by atoms with Crippen LogP contribution in [0.5, 0.6) is 5.75 Å². The van der Waals surface area contributed by atoms with Gasteiger partial charge in [0, 0.05) is 37.3 Å². The molecule has 1 saturated heterocycles. The molecule has 2 fully saturated rings. The fourth-order valence-electron chi connectivity index (χ4n) is 4.31. The number of hydrogen-bond acceptors (Lipinski definition) is 6. The van der Waals surface area contributed by atoms with Gasteiger partial charge in [0.1, 0.15) is 12.4 Å². The summed E-state index contributed by atoms with van der Waals surface area (Å²) in [6.45, 7) is 2.92. The number of rotatable bonds is 9. The first-order valence-corrected chi connectivity index (χ1v) is 11.9. The van der Waals surface area contributed by atoms with Gasteiger partial charge >= 0.3 is 0 Å². The van der Waals surface area contributed by atoms with Crippen LogP contribution in [0.2, 0.25) is 0 Å². The molecule has 0 bridgehead atoms. The molecule has 7 heteroatoms. The Labute approximate surface area is 199 Å². The number of carbonyl (C=O) groups is 1. The first kappa shape index (κ1) is 22.3. The summed E-state index contributed by atoms with van der Waals surface area (Å²) in [5.74, 6) is 1.60. The maximum absolute atomic E-state index is 12.6. The highest BCUT2D eigenvalue weighted by atomic mass is 16.5. The summed E-state index contributed by atoms with van der Waals surface area (Å²) in [4.78, 5) is 19.8. The van der Waals surface area contributed by atoms with Gasteiger partial charge in [0.15, 0.2) is 5.76 Å². The predicted octanol–water partition coefficient (Wildman–Crippen LogP) is 1.31. The van der Waals surface area contributed by atoms with E-state index in [2.05, 4.69) is 33.1 Å². The van der Waals surface area contributed by atoms with Crippen molar-refractivity contribution in [1.29, 1.82) is 0 Å². The lowest BCUT2D eigenvalue weighted by Crippen LogP contribution is -2.38. The van der Waals surface area contributed by atoms with E-state index in [-0.39, 0.29) is 11.8 Å². The van der Waals surface area contributed by atoms with Crippen molar-refractivity contribution in [2.75, 3.05) is 45.3 Å². The van der Waals surface area contributed by atoms with Gasteiger partial charge in [0.05, 0.1) is 35.0 Å².